The lowest BCUT2D eigenvalue weighted by Gasteiger charge is -2.33. The molecule has 0 aliphatic carbocycles. The Hall–Kier alpha value is -3.22. The molecule has 1 aliphatic heterocycles. The molecular weight excluding hydrogens is 359 g/mol. The lowest BCUT2D eigenvalue weighted by molar-refractivity contribution is -0.120. The summed E-state index contributed by atoms with van der Waals surface area (Å²) in [6.07, 6.45) is 3.12. The van der Waals surface area contributed by atoms with Gasteiger partial charge in [-0.3, -0.25) is 4.79 Å². The SMILES string of the molecule is COc1cc2c(N3CCCC(C(=O)Nc4ccccc4)C3)ncnc2cc1F. The molecule has 0 bridgehead atoms. The van der Waals surface area contributed by atoms with E-state index in [9.17, 15) is 9.18 Å². The van der Waals surface area contributed by atoms with Gasteiger partial charge in [-0.15, -0.1) is 0 Å². The van der Waals surface area contributed by atoms with Gasteiger partial charge in [0.25, 0.3) is 0 Å². The van der Waals surface area contributed by atoms with E-state index in [1.807, 2.05) is 30.3 Å². The maximum absolute atomic E-state index is 14.0. The third kappa shape index (κ3) is 3.60. The highest BCUT2D eigenvalue weighted by Crippen LogP contribution is 2.31. The van der Waals surface area contributed by atoms with Crippen molar-refractivity contribution in [2.24, 2.45) is 5.92 Å². The summed E-state index contributed by atoms with van der Waals surface area (Å²) in [7, 11) is 1.43. The van der Waals surface area contributed by atoms with Gasteiger partial charge in [0.15, 0.2) is 11.6 Å². The van der Waals surface area contributed by atoms with E-state index >= 15 is 0 Å². The van der Waals surface area contributed by atoms with Crippen LogP contribution in [0, 0.1) is 11.7 Å². The Bertz CT molecular complexity index is 996. The maximum atomic E-state index is 14.0. The van der Waals surface area contributed by atoms with E-state index in [2.05, 4.69) is 20.2 Å². The van der Waals surface area contributed by atoms with Gasteiger partial charge in [0.05, 0.1) is 18.5 Å². The molecule has 2 aromatic carbocycles. The lowest BCUT2D eigenvalue weighted by Crippen LogP contribution is -2.41. The number of carbonyl (C=O) groups is 1. The van der Waals surface area contributed by atoms with Gasteiger partial charge >= 0.3 is 0 Å². The summed E-state index contributed by atoms with van der Waals surface area (Å²) in [6.45, 7) is 1.32. The van der Waals surface area contributed by atoms with Crippen LogP contribution in [0.15, 0.2) is 48.8 Å². The number of methoxy groups -OCH3 is 1. The second-order valence-corrected chi connectivity index (χ2v) is 6.84. The first-order valence-electron chi connectivity index (χ1n) is 9.25. The minimum absolute atomic E-state index is 0.00196. The summed E-state index contributed by atoms with van der Waals surface area (Å²) in [4.78, 5) is 23.4. The summed E-state index contributed by atoms with van der Waals surface area (Å²) in [6, 6.07) is 12.4. The summed E-state index contributed by atoms with van der Waals surface area (Å²) in [5.41, 5.74) is 1.30. The molecule has 0 radical (unpaired) electrons. The molecule has 1 amide bonds. The quantitative estimate of drug-likeness (QED) is 0.749. The number of ether oxygens (including phenoxy) is 1. The van der Waals surface area contributed by atoms with Gasteiger partial charge < -0.3 is 15.0 Å². The Labute approximate surface area is 162 Å². The number of anilines is 2. The Morgan fingerprint density at radius 2 is 2.07 bits per heavy atom. The van der Waals surface area contributed by atoms with Crippen LogP contribution in [-0.4, -0.2) is 36.1 Å². The zero-order chi connectivity index (χ0) is 19.5. The molecule has 1 atom stereocenters. The van der Waals surface area contributed by atoms with Gasteiger partial charge in [-0.25, -0.2) is 14.4 Å². The van der Waals surface area contributed by atoms with E-state index in [0.717, 1.165) is 25.1 Å². The van der Waals surface area contributed by atoms with E-state index in [1.165, 1.54) is 19.5 Å². The number of fused-ring (bicyclic) bond motifs is 1. The van der Waals surface area contributed by atoms with Crippen molar-refractivity contribution in [3.8, 4) is 5.75 Å². The number of benzene rings is 2. The van der Waals surface area contributed by atoms with Crippen molar-refractivity contribution in [3.05, 3.63) is 54.6 Å². The fraction of sp³-hybridized carbons (Fsp3) is 0.286. The fourth-order valence-corrected chi connectivity index (χ4v) is 3.60. The molecule has 2 heterocycles. The van der Waals surface area contributed by atoms with Crippen molar-refractivity contribution in [2.45, 2.75) is 12.8 Å². The number of para-hydroxylation sites is 1. The first kappa shape index (κ1) is 18.2. The highest BCUT2D eigenvalue weighted by Gasteiger charge is 2.28. The molecule has 0 spiro atoms. The van der Waals surface area contributed by atoms with Gasteiger partial charge in [0, 0.05) is 30.2 Å². The Morgan fingerprint density at radius 3 is 2.86 bits per heavy atom. The summed E-state index contributed by atoms with van der Waals surface area (Å²) >= 11 is 0. The molecule has 1 aromatic heterocycles. The molecule has 4 rings (SSSR count). The molecule has 1 aliphatic rings. The highest BCUT2D eigenvalue weighted by atomic mass is 19.1. The third-order valence-corrected chi connectivity index (χ3v) is 5.02. The molecular formula is C21H21FN4O2. The molecule has 7 heteroatoms. The van der Waals surface area contributed by atoms with Gasteiger partial charge in [-0.2, -0.15) is 0 Å². The molecule has 0 saturated carbocycles. The largest absolute Gasteiger partial charge is 0.494 e. The van der Waals surface area contributed by atoms with Crippen LogP contribution < -0.4 is 15.0 Å². The maximum Gasteiger partial charge on any atom is 0.229 e. The van der Waals surface area contributed by atoms with Crippen LogP contribution in [0.5, 0.6) is 5.75 Å². The van der Waals surface area contributed by atoms with Crippen molar-refractivity contribution in [3.63, 3.8) is 0 Å². The zero-order valence-electron chi connectivity index (χ0n) is 15.6. The average molecular weight is 380 g/mol. The second-order valence-electron chi connectivity index (χ2n) is 6.84. The lowest BCUT2D eigenvalue weighted by atomic mass is 9.96. The van der Waals surface area contributed by atoms with Crippen LogP contribution in [0.3, 0.4) is 0 Å². The van der Waals surface area contributed by atoms with E-state index in [0.29, 0.717) is 23.3 Å². The molecule has 1 N–H and O–H groups in total. The van der Waals surface area contributed by atoms with Crippen LogP contribution in [-0.2, 0) is 4.79 Å². The Kier molecular flexibility index (Phi) is 5.06. The first-order chi connectivity index (χ1) is 13.7. The van der Waals surface area contributed by atoms with E-state index in [4.69, 9.17) is 4.74 Å². The van der Waals surface area contributed by atoms with Crippen molar-refractivity contribution >= 4 is 28.3 Å². The van der Waals surface area contributed by atoms with Gasteiger partial charge in [-0.1, -0.05) is 18.2 Å². The zero-order valence-corrected chi connectivity index (χ0v) is 15.6. The van der Waals surface area contributed by atoms with Crippen LogP contribution in [0.2, 0.25) is 0 Å². The number of rotatable bonds is 4. The second kappa shape index (κ2) is 7.80. The molecule has 1 fully saturated rings. The predicted molar refractivity (Wildman–Crippen MR) is 106 cm³/mol. The number of carbonyl (C=O) groups excluding carboxylic acids is 1. The van der Waals surface area contributed by atoms with Gasteiger partial charge in [0.1, 0.15) is 12.1 Å². The van der Waals surface area contributed by atoms with Crippen LogP contribution in [0.25, 0.3) is 10.9 Å². The predicted octanol–water partition coefficient (Wildman–Crippen LogP) is 3.63. The van der Waals surface area contributed by atoms with E-state index in [-0.39, 0.29) is 17.6 Å². The van der Waals surface area contributed by atoms with Crippen LogP contribution in [0.1, 0.15) is 12.8 Å². The van der Waals surface area contributed by atoms with Crippen molar-refractivity contribution in [1.82, 2.24) is 9.97 Å². The molecule has 6 nitrogen and oxygen atoms in total. The van der Waals surface area contributed by atoms with Gasteiger partial charge in [-0.05, 0) is 31.0 Å². The number of amides is 1. The number of halogens is 1. The van der Waals surface area contributed by atoms with E-state index in [1.54, 1.807) is 6.07 Å². The Balaban J connectivity index is 1.58. The molecule has 1 saturated heterocycles. The van der Waals surface area contributed by atoms with Crippen molar-refractivity contribution < 1.29 is 13.9 Å². The van der Waals surface area contributed by atoms with Crippen LogP contribution in [0.4, 0.5) is 15.9 Å². The molecule has 28 heavy (non-hydrogen) atoms. The minimum atomic E-state index is -0.460. The standard InChI is InChI=1S/C21H21FN4O2/c1-28-19-10-16-18(11-17(19)22)23-13-24-20(16)26-9-5-6-14(12-26)21(27)25-15-7-3-2-4-8-15/h2-4,7-8,10-11,13-14H,5-6,9,12H2,1H3,(H,25,27). The summed E-state index contributed by atoms with van der Waals surface area (Å²) in [5.74, 6) is 0.233. The molecule has 144 valence electrons. The number of aromatic nitrogens is 2. The number of nitrogens with one attached hydrogen (secondary N) is 1. The molecule has 1 unspecified atom stereocenters. The smallest absolute Gasteiger partial charge is 0.229 e. The average Bonchev–Trinajstić information content (AvgIpc) is 2.73. The molecule has 3 aromatic rings. The number of hydrogen-bond donors (Lipinski definition) is 1. The van der Waals surface area contributed by atoms with E-state index < -0.39 is 5.82 Å². The van der Waals surface area contributed by atoms with Crippen molar-refractivity contribution in [2.75, 3.05) is 30.4 Å². The highest BCUT2D eigenvalue weighted by molar-refractivity contribution is 5.94. The summed E-state index contributed by atoms with van der Waals surface area (Å²) in [5, 5.41) is 3.69. The number of nitrogens with zero attached hydrogens (tertiary/aromatic N) is 3. The third-order valence-electron chi connectivity index (χ3n) is 5.02. The van der Waals surface area contributed by atoms with Crippen molar-refractivity contribution in [1.29, 1.82) is 0 Å². The normalized spacial score (nSPS) is 16.8. The summed E-state index contributed by atoms with van der Waals surface area (Å²) < 4.78 is 19.1. The van der Waals surface area contributed by atoms with Gasteiger partial charge in [0.2, 0.25) is 5.91 Å². The fourth-order valence-electron chi connectivity index (χ4n) is 3.60. The number of piperidine rings is 1. The van der Waals surface area contributed by atoms with Crippen LogP contribution >= 0.6 is 0 Å². The Morgan fingerprint density at radius 1 is 1.25 bits per heavy atom. The minimum Gasteiger partial charge on any atom is -0.494 e. The monoisotopic (exact) mass is 380 g/mol. The first-order valence-corrected chi connectivity index (χ1v) is 9.25. The topological polar surface area (TPSA) is 67.3 Å². The number of hydrogen-bond acceptors (Lipinski definition) is 5.